The number of fused-ring (bicyclic) bond motifs is 1. The van der Waals surface area contributed by atoms with Crippen LogP contribution in [0.5, 0.6) is 0 Å². The SMILES string of the molecule is O=[N+]([O-])c1cccc(S(=O)(=O)c2c[nH]c3ccc(Br)cc23)c1. The minimum absolute atomic E-state index is 0.0873. The van der Waals surface area contributed by atoms with Gasteiger partial charge in [-0.05, 0) is 24.3 Å². The third kappa shape index (κ3) is 2.40. The lowest BCUT2D eigenvalue weighted by Gasteiger charge is -2.03. The van der Waals surface area contributed by atoms with Crippen LogP contribution >= 0.6 is 15.9 Å². The van der Waals surface area contributed by atoms with E-state index in [1.165, 1.54) is 24.4 Å². The number of aromatic nitrogens is 1. The first kappa shape index (κ1) is 14.7. The number of benzene rings is 2. The molecule has 0 amide bonds. The lowest BCUT2D eigenvalue weighted by molar-refractivity contribution is -0.385. The number of nitrogens with zero attached hydrogens (tertiary/aromatic N) is 1. The van der Waals surface area contributed by atoms with Gasteiger partial charge in [-0.15, -0.1) is 0 Å². The molecule has 0 unspecified atom stereocenters. The Labute approximate surface area is 134 Å². The highest BCUT2D eigenvalue weighted by Crippen LogP contribution is 2.31. The van der Waals surface area contributed by atoms with E-state index in [9.17, 15) is 18.5 Å². The number of hydrogen-bond acceptors (Lipinski definition) is 4. The van der Waals surface area contributed by atoms with E-state index in [1.54, 1.807) is 18.2 Å². The molecule has 1 heterocycles. The van der Waals surface area contributed by atoms with E-state index in [0.29, 0.717) is 10.9 Å². The molecule has 6 nitrogen and oxygen atoms in total. The molecule has 0 aliphatic carbocycles. The van der Waals surface area contributed by atoms with Gasteiger partial charge in [0.25, 0.3) is 5.69 Å². The zero-order valence-electron chi connectivity index (χ0n) is 11.0. The van der Waals surface area contributed by atoms with Crippen molar-refractivity contribution in [3.8, 4) is 0 Å². The van der Waals surface area contributed by atoms with Crippen LogP contribution in [0.25, 0.3) is 10.9 Å². The molecular weight excluding hydrogens is 372 g/mol. The molecule has 0 saturated heterocycles. The van der Waals surface area contributed by atoms with Crippen molar-refractivity contribution in [3.63, 3.8) is 0 Å². The van der Waals surface area contributed by atoms with E-state index in [2.05, 4.69) is 20.9 Å². The summed E-state index contributed by atoms with van der Waals surface area (Å²) in [7, 11) is -3.85. The molecule has 1 aromatic heterocycles. The normalized spacial score (nSPS) is 11.7. The Morgan fingerprint density at radius 2 is 1.91 bits per heavy atom. The van der Waals surface area contributed by atoms with Crippen LogP contribution in [0.4, 0.5) is 5.69 Å². The number of nitro benzene ring substituents is 1. The van der Waals surface area contributed by atoms with Gasteiger partial charge in [0.1, 0.15) is 0 Å². The maximum atomic E-state index is 12.7. The molecule has 112 valence electrons. The summed E-state index contributed by atoms with van der Waals surface area (Å²) in [4.78, 5) is 13.1. The molecule has 0 fully saturated rings. The van der Waals surface area contributed by atoms with E-state index >= 15 is 0 Å². The number of sulfone groups is 1. The third-order valence-corrected chi connectivity index (χ3v) is 5.52. The van der Waals surface area contributed by atoms with Gasteiger partial charge < -0.3 is 4.98 Å². The minimum atomic E-state index is -3.85. The van der Waals surface area contributed by atoms with E-state index in [-0.39, 0.29) is 15.5 Å². The predicted molar refractivity (Wildman–Crippen MR) is 84.5 cm³/mol. The highest BCUT2D eigenvalue weighted by atomic mass is 79.9. The summed E-state index contributed by atoms with van der Waals surface area (Å²) in [5.74, 6) is 0. The lowest BCUT2D eigenvalue weighted by atomic mass is 10.2. The van der Waals surface area contributed by atoms with Crippen molar-refractivity contribution >= 4 is 42.4 Å². The minimum Gasteiger partial charge on any atom is -0.360 e. The second kappa shape index (κ2) is 5.22. The average molecular weight is 381 g/mol. The summed E-state index contributed by atoms with van der Waals surface area (Å²) < 4.78 is 26.2. The van der Waals surface area contributed by atoms with Gasteiger partial charge in [0, 0.05) is 33.7 Å². The summed E-state index contributed by atoms with van der Waals surface area (Å²) >= 11 is 3.31. The predicted octanol–water partition coefficient (Wildman–Crippen LogP) is 3.67. The molecule has 8 heteroatoms. The van der Waals surface area contributed by atoms with Gasteiger partial charge in [0.15, 0.2) is 0 Å². The molecule has 2 aromatic carbocycles. The van der Waals surface area contributed by atoms with Crippen LogP contribution in [0.2, 0.25) is 0 Å². The quantitative estimate of drug-likeness (QED) is 0.553. The molecule has 0 saturated carbocycles. The molecular formula is C14H9BrN2O4S. The second-order valence-electron chi connectivity index (χ2n) is 4.60. The summed E-state index contributed by atoms with van der Waals surface area (Å²) in [5, 5.41) is 11.4. The van der Waals surface area contributed by atoms with Gasteiger partial charge in [0.2, 0.25) is 9.84 Å². The summed E-state index contributed by atoms with van der Waals surface area (Å²) in [6, 6.07) is 10.3. The number of hydrogen-bond donors (Lipinski definition) is 1. The van der Waals surface area contributed by atoms with Crippen molar-refractivity contribution in [3.05, 3.63) is 63.2 Å². The lowest BCUT2D eigenvalue weighted by Crippen LogP contribution is -2.02. The van der Waals surface area contributed by atoms with Crippen molar-refractivity contribution < 1.29 is 13.3 Å². The molecule has 3 aromatic rings. The Balaban J connectivity index is 2.22. The maximum absolute atomic E-state index is 12.7. The Morgan fingerprint density at radius 3 is 2.64 bits per heavy atom. The first-order valence-corrected chi connectivity index (χ1v) is 8.43. The first-order chi connectivity index (χ1) is 10.4. The van der Waals surface area contributed by atoms with Gasteiger partial charge in [-0.3, -0.25) is 10.1 Å². The van der Waals surface area contributed by atoms with Crippen LogP contribution in [0.15, 0.2) is 62.9 Å². The fourth-order valence-electron chi connectivity index (χ4n) is 2.18. The third-order valence-electron chi connectivity index (χ3n) is 3.23. The van der Waals surface area contributed by atoms with Crippen LogP contribution in [-0.4, -0.2) is 18.3 Å². The summed E-state index contributed by atoms with van der Waals surface area (Å²) in [5.41, 5.74) is 0.411. The zero-order valence-corrected chi connectivity index (χ0v) is 13.4. The van der Waals surface area contributed by atoms with Crippen LogP contribution in [-0.2, 0) is 9.84 Å². The first-order valence-electron chi connectivity index (χ1n) is 6.16. The number of nitrogens with one attached hydrogen (secondary N) is 1. The highest BCUT2D eigenvalue weighted by Gasteiger charge is 2.23. The summed E-state index contributed by atoms with van der Waals surface area (Å²) in [6.07, 6.45) is 1.39. The fraction of sp³-hybridized carbons (Fsp3) is 0. The van der Waals surface area contributed by atoms with E-state index in [0.717, 1.165) is 10.5 Å². The smallest absolute Gasteiger partial charge is 0.270 e. The fourth-order valence-corrected chi connectivity index (χ4v) is 4.00. The number of rotatable bonds is 3. The van der Waals surface area contributed by atoms with Crippen molar-refractivity contribution in [2.75, 3.05) is 0 Å². The Bertz CT molecular complexity index is 995. The Morgan fingerprint density at radius 1 is 1.14 bits per heavy atom. The van der Waals surface area contributed by atoms with Crippen molar-refractivity contribution in [2.24, 2.45) is 0 Å². The van der Waals surface area contributed by atoms with Crippen molar-refractivity contribution in [2.45, 2.75) is 9.79 Å². The summed E-state index contributed by atoms with van der Waals surface area (Å²) in [6.45, 7) is 0. The molecule has 0 aliphatic heterocycles. The number of nitro groups is 1. The van der Waals surface area contributed by atoms with Crippen LogP contribution in [0.3, 0.4) is 0 Å². The Kier molecular flexibility index (Phi) is 3.50. The second-order valence-corrected chi connectivity index (χ2v) is 7.43. The molecule has 1 N–H and O–H groups in total. The monoisotopic (exact) mass is 380 g/mol. The molecule has 0 radical (unpaired) electrons. The molecule has 22 heavy (non-hydrogen) atoms. The van der Waals surface area contributed by atoms with Crippen molar-refractivity contribution in [1.82, 2.24) is 4.98 Å². The standard InChI is InChI=1S/C14H9BrN2O4S/c15-9-4-5-13-12(6-9)14(8-16-13)22(20,21)11-3-1-2-10(7-11)17(18)19/h1-8,16H. The molecule has 0 aliphatic rings. The van der Waals surface area contributed by atoms with Gasteiger partial charge in [-0.2, -0.15) is 0 Å². The van der Waals surface area contributed by atoms with E-state index in [4.69, 9.17) is 0 Å². The van der Waals surface area contributed by atoms with Crippen LogP contribution in [0.1, 0.15) is 0 Å². The van der Waals surface area contributed by atoms with Gasteiger partial charge >= 0.3 is 0 Å². The van der Waals surface area contributed by atoms with Crippen LogP contribution < -0.4 is 0 Å². The number of aromatic amines is 1. The van der Waals surface area contributed by atoms with Gasteiger partial charge in [-0.25, -0.2) is 8.42 Å². The largest absolute Gasteiger partial charge is 0.360 e. The molecule has 3 rings (SSSR count). The highest BCUT2D eigenvalue weighted by molar-refractivity contribution is 9.10. The molecule has 0 atom stereocenters. The maximum Gasteiger partial charge on any atom is 0.270 e. The topological polar surface area (TPSA) is 93.1 Å². The number of H-pyrrole nitrogens is 1. The molecule has 0 bridgehead atoms. The van der Waals surface area contributed by atoms with E-state index < -0.39 is 14.8 Å². The van der Waals surface area contributed by atoms with Crippen LogP contribution in [0, 0.1) is 10.1 Å². The van der Waals surface area contributed by atoms with Gasteiger partial charge in [0.05, 0.1) is 14.7 Å². The molecule has 0 spiro atoms. The Hall–Kier alpha value is -2.19. The zero-order chi connectivity index (χ0) is 15.9. The average Bonchev–Trinajstić information content (AvgIpc) is 2.91. The number of halogens is 1. The van der Waals surface area contributed by atoms with Gasteiger partial charge in [-0.1, -0.05) is 22.0 Å². The van der Waals surface area contributed by atoms with Crippen molar-refractivity contribution in [1.29, 1.82) is 0 Å². The van der Waals surface area contributed by atoms with E-state index in [1.807, 2.05) is 0 Å². The number of non-ortho nitro benzene ring substituents is 1.